The van der Waals surface area contributed by atoms with Gasteiger partial charge in [0.2, 0.25) is 0 Å². The van der Waals surface area contributed by atoms with Gasteiger partial charge in [0.1, 0.15) is 11.6 Å². The van der Waals surface area contributed by atoms with Crippen LogP contribution >= 0.6 is 0 Å². The molecular formula is C14H13FN2O. The van der Waals surface area contributed by atoms with Gasteiger partial charge in [-0.25, -0.2) is 4.39 Å². The van der Waals surface area contributed by atoms with E-state index in [2.05, 4.69) is 10.5 Å². The van der Waals surface area contributed by atoms with Gasteiger partial charge in [-0.2, -0.15) is 5.10 Å². The van der Waals surface area contributed by atoms with Crippen molar-refractivity contribution in [1.29, 1.82) is 0 Å². The fourth-order valence-corrected chi connectivity index (χ4v) is 1.47. The molecule has 0 aliphatic carbocycles. The van der Waals surface area contributed by atoms with Crippen molar-refractivity contribution in [3.8, 4) is 5.75 Å². The number of methoxy groups -OCH3 is 1. The van der Waals surface area contributed by atoms with Crippen LogP contribution in [0.4, 0.5) is 10.1 Å². The second kappa shape index (κ2) is 5.82. The Bertz CT molecular complexity index is 538. The summed E-state index contributed by atoms with van der Waals surface area (Å²) in [5.74, 6) is 0.483. The van der Waals surface area contributed by atoms with Crippen LogP contribution in [0.3, 0.4) is 0 Å². The smallest absolute Gasteiger partial charge is 0.127 e. The summed E-state index contributed by atoms with van der Waals surface area (Å²) in [4.78, 5) is 0. The monoisotopic (exact) mass is 244 g/mol. The quantitative estimate of drug-likeness (QED) is 0.661. The van der Waals surface area contributed by atoms with Crippen molar-refractivity contribution in [2.75, 3.05) is 12.5 Å². The first-order valence-electron chi connectivity index (χ1n) is 5.47. The molecule has 0 radical (unpaired) electrons. The summed E-state index contributed by atoms with van der Waals surface area (Å²) in [7, 11) is 1.61. The molecule has 3 nitrogen and oxygen atoms in total. The van der Waals surface area contributed by atoms with Crippen LogP contribution in [0.5, 0.6) is 5.75 Å². The van der Waals surface area contributed by atoms with E-state index in [0.717, 1.165) is 17.0 Å². The summed E-state index contributed by atoms with van der Waals surface area (Å²) in [6, 6.07) is 13.5. The highest BCUT2D eigenvalue weighted by molar-refractivity contribution is 5.83. The van der Waals surface area contributed by atoms with E-state index in [1.807, 2.05) is 24.3 Å². The second-order valence-electron chi connectivity index (χ2n) is 3.62. The summed E-state index contributed by atoms with van der Waals surface area (Å²) in [5.41, 5.74) is 4.41. The van der Waals surface area contributed by atoms with E-state index in [0.29, 0.717) is 0 Å². The van der Waals surface area contributed by atoms with Crippen LogP contribution in [-0.2, 0) is 0 Å². The lowest BCUT2D eigenvalue weighted by molar-refractivity contribution is 0.414. The van der Waals surface area contributed by atoms with Gasteiger partial charge in [0.25, 0.3) is 0 Å². The summed E-state index contributed by atoms with van der Waals surface area (Å²) < 4.78 is 17.9. The van der Waals surface area contributed by atoms with E-state index in [1.54, 1.807) is 25.5 Å². The zero-order valence-corrected chi connectivity index (χ0v) is 9.93. The summed E-state index contributed by atoms with van der Waals surface area (Å²) in [6.45, 7) is 0. The third kappa shape index (κ3) is 3.07. The van der Waals surface area contributed by atoms with E-state index >= 15 is 0 Å². The molecule has 0 fully saturated rings. The Morgan fingerprint density at radius 3 is 2.56 bits per heavy atom. The molecular weight excluding hydrogens is 231 g/mol. The predicted molar refractivity (Wildman–Crippen MR) is 70.6 cm³/mol. The van der Waals surface area contributed by atoms with Crippen LogP contribution in [0.2, 0.25) is 0 Å². The third-order valence-electron chi connectivity index (χ3n) is 2.38. The molecule has 2 rings (SSSR count). The van der Waals surface area contributed by atoms with Crippen LogP contribution in [0.15, 0.2) is 53.6 Å². The Labute approximate surface area is 105 Å². The van der Waals surface area contributed by atoms with Gasteiger partial charge >= 0.3 is 0 Å². The zero-order valence-electron chi connectivity index (χ0n) is 9.93. The van der Waals surface area contributed by atoms with E-state index in [9.17, 15) is 4.39 Å². The molecule has 1 N–H and O–H groups in total. The maximum absolute atomic E-state index is 12.7. The average molecular weight is 244 g/mol. The van der Waals surface area contributed by atoms with Crippen molar-refractivity contribution >= 4 is 11.9 Å². The summed E-state index contributed by atoms with van der Waals surface area (Å²) in [5, 5.41) is 4.07. The highest BCUT2D eigenvalue weighted by Crippen LogP contribution is 2.15. The predicted octanol–water partition coefficient (Wildman–Crippen LogP) is 3.28. The van der Waals surface area contributed by atoms with Crippen molar-refractivity contribution in [1.82, 2.24) is 0 Å². The standard InChI is InChI=1S/C14H13FN2O/c1-18-14-5-3-2-4-11(14)10-16-17-13-8-6-12(15)7-9-13/h2-10,17H,1H3/b16-10-. The van der Waals surface area contributed by atoms with Crippen molar-refractivity contribution < 1.29 is 9.13 Å². The number of hydrogen-bond acceptors (Lipinski definition) is 3. The van der Waals surface area contributed by atoms with Gasteiger partial charge in [-0.15, -0.1) is 0 Å². The number of hydrogen-bond donors (Lipinski definition) is 1. The highest BCUT2D eigenvalue weighted by atomic mass is 19.1. The largest absolute Gasteiger partial charge is 0.496 e. The zero-order chi connectivity index (χ0) is 12.8. The topological polar surface area (TPSA) is 33.6 Å². The summed E-state index contributed by atoms with van der Waals surface area (Å²) >= 11 is 0. The molecule has 0 aliphatic heterocycles. The van der Waals surface area contributed by atoms with Crippen LogP contribution in [0.1, 0.15) is 5.56 Å². The van der Waals surface area contributed by atoms with Gasteiger partial charge in [0.05, 0.1) is 19.0 Å². The van der Waals surface area contributed by atoms with Gasteiger partial charge < -0.3 is 4.74 Å². The van der Waals surface area contributed by atoms with Gasteiger partial charge in [-0.3, -0.25) is 5.43 Å². The van der Waals surface area contributed by atoms with Gasteiger partial charge in [0, 0.05) is 5.56 Å². The molecule has 0 atom stereocenters. The number of nitrogens with zero attached hydrogens (tertiary/aromatic N) is 1. The van der Waals surface area contributed by atoms with Crippen molar-refractivity contribution in [3.63, 3.8) is 0 Å². The molecule has 0 spiro atoms. The molecule has 18 heavy (non-hydrogen) atoms. The molecule has 0 bridgehead atoms. The number of benzene rings is 2. The molecule has 2 aromatic carbocycles. The van der Waals surface area contributed by atoms with E-state index in [4.69, 9.17) is 4.74 Å². The van der Waals surface area contributed by atoms with Crippen LogP contribution in [-0.4, -0.2) is 13.3 Å². The first kappa shape index (κ1) is 12.1. The van der Waals surface area contributed by atoms with Crippen LogP contribution in [0.25, 0.3) is 0 Å². The first-order chi connectivity index (χ1) is 8.79. The number of para-hydroxylation sites is 1. The molecule has 2 aromatic rings. The Kier molecular flexibility index (Phi) is 3.91. The number of hydrazone groups is 1. The van der Waals surface area contributed by atoms with E-state index in [-0.39, 0.29) is 5.82 Å². The van der Waals surface area contributed by atoms with Gasteiger partial charge in [-0.05, 0) is 36.4 Å². The fraction of sp³-hybridized carbons (Fsp3) is 0.0714. The van der Waals surface area contributed by atoms with Crippen LogP contribution in [0, 0.1) is 5.82 Å². The lowest BCUT2D eigenvalue weighted by Crippen LogP contribution is -1.93. The SMILES string of the molecule is COc1ccccc1/C=N\Nc1ccc(F)cc1. The molecule has 92 valence electrons. The Hall–Kier alpha value is -2.36. The van der Waals surface area contributed by atoms with Crippen molar-refractivity contribution in [2.24, 2.45) is 5.10 Å². The number of ether oxygens (including phenoxy) is 1. The molecule has 0 saturated carbocycles. The minimum Gasteiger partial charge on any atom is -0.496 e. The molecule has 0 saturated heterocycles. The molecule has 0 heterocycles. The van der Waals surface area contributed by atoms with E-state index < -0.39 is 0 Å². The number of nitrogens with one attached hydrogen (secondary N) is 1. The summed E-state index contributed by atoms with van der Waals surface area (Å²) in [6.07, 6.45) is 1.65. The highest BCUT2D eigenvalue weighted by Gasteiger charge is 1.97. The van der Waals surface area contributed by atoms with Gasteiger partial charge in [-0.1, -0.05) is 12.1 Å². The molecule has 4 heteroatoms. The third-order valence-corrected chi connectivity index (χ3v) is 2.38. The van der Waals surface area contributed by atoms with Crippen molar-refractivity contribution in [3.05, 3.63) is 59.9 Å². The lowest BCUT2D eigenvalue weighted by Gasteiger charge is -2.03. The Balaban J connectivity index is 2.05. The number of rotatable bonds is 4. The fourth-order valence-electron chi connectivity index (χ4n) is 1.47. The molecule has 0 amide bonds. The van der Waals surface area contributed by atoms with Crippen LogP contribution < -0.4 is 10.2 Å². The normalized spacial score (nSPS) is 10.6. The first-order valence-corrected chi connectivity index (χ1v) is 5.47. The maximum Gasteiger partial charge on any atom is 0.127 e. The minimum atomic E-state index is -0.269. The molecule has 0 aromatic heterocycles. The maximum atomic E-state index is 12.7. The minimum absolute atomic E-state index is 0.269. The second-order valence-corrected chi connectivity index (χ2v) is 3.62. The lowest BCUT2D eigenvalue weighted by atomic mass is 10.2. The molecule has 0 unspecified atom stereocenters. The average Bonchev–Trinajstić information content (AvgIpc) is 2.41. The van der Waals surface area contributed by atoms with E-state index in [1.165, 1.54) is 12.1 Å². The molecule has 0 aliphatic rings. The van der Waals surface area contributed by atoms with Crippen molar-refractivity contribution in [2.45, 2.75) is 0 Å². The Morgan fingerprint density at radius 1 is 1.11 bits per heavy atom. The Morgan fingerprint density at radius 2 is 1.83 bits per heavy atom. The number of halogens is 1. The number of anilines is 1. The van der Waals surface area contributed by atoms with Gasteiger partial charge in [0.15, 0.2) is 0 Å².